The Balaban J connectivity index is 2.22. The molecule has 0 amide bonds. The fraction of sp³-hybridized carbons (Fsp3) is 0.273. The van der Waals surface area contributed by atoms with Crippen LogP contribution in [0.1, 0.15) is 12.0 Å². The minimum absolute atomic E-state index is 0.218. The van der Waals surface area contributed by atoms with Crippen molar-refractivity contribution in [2.24, 2.45) is 0 Å². The maximum absolute atomic E-state index is 10.8. The van der Waals surface area contributed by atoms with Crippen molar-refractivity contribution >= 4 is 11.9 Å². The Kier molecular flexibility index (Phi) is 4.34. The highest BCUT2D eigenvalue weighted by Crippen LogP contribution is 2.00. The van der Waals surface area contributed by atoms with E-state index in [4.69, 9.17) is 9.84 Å². The summed E-state index contributed by atoms with van der Waals surface area (Å²) in [6.45, 7) is 0.218. The highest BCUT2D eigenvalue weighted by Gasteiger charge is 2.07. The molecule has 0 heterocycles. The smallest absolute Gasteiger partial charge is 0.317 e. The number of carbonyl (C=O) groups excluding carboxylic acids is 1. The van der Waals surface area contributed by atoms with Gasteiger partial charge in [-0.25, -0.2) is 0 Å². The first-order valence-corrected chi connectivity index (χ1v) is 4.60. The predicted molar refractivity (Wildman–Crippen MR) is 53.4 cm³/mol. The Labute approximate surface area is 87.5 Å². The van der Waals surface area contributed by atoms with E-state index in [9.17, 15) is 9.59 Å². The van der Waals surface area contributed by atoms with Gasteiger partial charge in [-0.2, -0.15) is 0 Å². The van der Waals surface area contributed by atoms with Crippen LogP contribution in [-0.2, 0) is 20.7 Å². The van der Waals surface area contributed by atoms with Crippen LogP contribution in [0.3, 0.4) is 0 Å². The van der Waals surface area contributed by atoms with Crippen LogP contribution in [0.5, 0.6) is 0 Å². The van der Waals surface area contributed by atoms with Crippen LogP contribution < -0.4 is 0 Å². The van der Waals surface area contributed by atoms with E-state index in [-0.39, 0.29) is 6.61 Å². The second kappa shape index (κ2) is 5.80. The third kappa shape index (κ3) is 4.81. The molecule has 15 heavy (non-hydrogen) atoms. The number of benzene rings is 1. The fourth-order valence-corrected chi connectivity index (χ4v) is 1.10. The van der Waals surface area contributed by atoms with Gasteiger partial charge in [0.25, 0.3) is 0 Å². The number of hydrogen-bond acceptors (Lipinski definition) is 3. The maximum atomic E-state index is 10.8. The van der Waals surface area contributed by atoms with Crippen molar-refractivity contribution in [2.75, 3.05) is 6.61 Å². The van der Waals surface area contributed by atoms with E-state index in [2.05, 4.69) is 0 Å². The Hall–Kier alpha value is -1.84. The number of rotatable bonds is 5. The van der Waals surface area contributed by atoms with Gasteiger partial charge in [-0.1, -0.05) is 30.3 Å². The lowest BCUT2D eigenvalue weighted by molar-refractivity contribution is -0.151. The first-order chi connectivity index (χ1) is 7.18. The molecule has 4 nitrogen and oxygen atoms in total. The third-order valence-corrected chi connectivity index (χ3v) is 1.79. The van der Waals surface area contributed by atoms with Gasteiger partial charge in [0.15, 0.2) is 0 Å². The number of carboxylic acids is 1. The second-order valence-corrected chi connectivity index (χ2v) is 3.03. The van der Waals surface area contributed by atoms with Crippen LogP contribution in [0.25, 0.3) is 0 Å². The Morgan fingerprint density at radius 3 is 2.47 bits per heavy atom. The summed E-state index contributed by atoms with van der Waals surface area (Å²) in [4.78, 5) is 21.0. The molecule has 0 aromatic heterocycles. The van der Waals surface area contributed by atoms with E-state index in [0.29, 0.717) is 6.42 Å². The standard InChI is InChI=1S/C11H12O4/c12-10(13)8-11(14)15-7-6-9-4-2-1-3-5-9/h1-5H,6-8H2,(H,12,13). The summed E-state index contributed by atoms with van der Waals surface area (Å²) in [6, 6.07) is 9.54. The lowest BCUT2D eigenvalue weighted by Crippen LogP contribution is -2.12. The second-order valence-electron chi connectivity index (χ2n) is 3.03. The molecule has 1 rings (SSSR count). The van der Waals surface area contributed by atoms with Gasteiger partial charge >= 0.3 is 11.9 Å². The number of aliphatic carboxylic acids is 1. The van der Waals surface area contributed by atoms with E-state index < -0.39 is 18.4 Å². The molecular weight excluding hydrogens is 196 g/mol. The van der Waals surface area contributed by atoms with Crippen LogP contribution in [0.4, 0.5) is 0 Å². The summed E-state index contributed by atoms with van der Waals surface area (Å²) in [5.74, 6) is -1.86. The Bertz CT molecular complexity index is 332. The lowest BCUT2D eigenvalue weighted by atomic mass is 10.2. The van der Waals surface area contributed by atoms with Crippen molar-refractivity contribution < 1.29 is 19.4 Å². The molecule has 0 fully saturated rings. The van der Waals surface area contributed by atoms with Gasteiger partial charge in [0, 0.05) is 6.42 Å². The third-order valence-electron chi connectivity index (χ3n) is 1.79. The van der Waals surface area contributed by atoms with Gasteiger partial charge in [0.05, 0.1) is 6.61 Å². The summed E-state index contributed by atoms with van der Waals surface area (Å²) in [5, 5.41) is 8.30. The molecule has 1 N–H and O–H groups in total. The summed E-state index contributed by atoms with van der Waals surface area (Å²) < 4.78 is 4.74. The minimum atomic E-state index is -1.17. The van der Waals surface area contributed by atoms with E-state index in [1.807, 2.05) is 30.3 Å². The number of esters is 1. The molecule has 0 aliphatic heterocycles. The molecule has 80 valence electrons. The number of hydrogen-bond donors (Lipinski definition) is 1. The van der Waals surface area contributed by atoms with E-state index in [1.54, 1.807) is 0 Å². The fourth-order valence-electron chi connectivity index (χ4n) is 1.10. The van der Waals surface area contributed by atoms with Crippen LogP contribution in [0.15, 0.2) is 30.3 Å². The molecule has 1 aromatic carbocycles. The van der Waals surface area contributed by atoms with E-state index in [0.717, 1.165) is 5.56 Å². The van der Waals surface area contributed by atoms with Gasteiger partial charge in [0.1, 0.15) is 6.42 Å². The molecule has 0 unspecified atom stereocenters. The molecule has 0 saturated carbocycles. The normalized spacial score (nSPS) is 9.60. The molecule has 0 saturated heterocycles. The Morgan fingerprint density at radius 2 is 1.87 bits per heavy atom. The van der Waals surface area contributed by atoms with Crippen molar-refractivity contribution in [3.63, 3.8) is 0 Å². The van der Waals surface area contributed by atoms with Gasteiger partial charge in [-0.3, -0.25) is 9.59 Å². The molecule has 4 heteroatoms. The summed E-state index contributed by atoms with van der Waals surface area (Å²) >= 11 is 0. The first-order valence-electron chi connectivity index (χ1n) is 4.60. The molecule has 0 aliphatic carbocycles. The van der Waals surface area contributed by atoms with Crippen molar-refractivity contribution in [3.8, 4) is 0 Å². The van der Waals surface area contributed by atoms with Gasteiger partial charge < -0.3 is 9.84 Å². The Morgan fingerprint density at radius 1 is 1.20 bits per heavy atom. The zero-order valence-corrected chi connectivity index (χ0v) is 8.18. The molecule has 0 aliphatic rings. The molecule has 1 aromatic rings. The number of ether oxygens (including phenoxy) is 1. The van der Waals surface area contributed by atoms with E-state index >= 15 is 0 Å². The summed E-state index contributed by atoms with van der Waals surface area (Å²) in [7, 11) is 0. The largest absolute Gasteiger partial charge is 0.481 e. The van der Waals surface area contributed by atoms with Crippen molar-refractivity contribution in [1.29, 1.82) is 0 Å². The van der Waals surface area contributed by atoms with Crippen LogP contribution in [0, 0.1) is 0 Å². The lowest BCUT2D eigenvalue weighted by Gasteiger charge is -2.02. The first kappa shape index (κ1) is 11.2. The zero-order valence-electron chi connectivity index (χ0n) is 8.18. The SMILES string of the molecule is O=C(O)CC(=O)OCCc1ccccc1. The number of carboxylic acid groups (broad SMARTS) is 1. The molecular formula is C11H12O4. The number of carbonyl (C=O) groups is 2. The average molecular weight is 208 g/mol. The highest BCUT2D eigenvalue weighted by atomic mass is 16.5. The summed E-state index contributed by atoms with van der Waals surface area (Å²) in [6.07, 6.45) is 0.0288. The van der Waals surface area contributed by atoms with Gasteiger partial charge in [0.2, 0.25) is 0 Å². The van der Waals surface area contributed by atoms with E-state index in [1.165, 1.54) is 0 Å². The molecule has 0 radical (unpaired) electrons. The topological polar surface area (TPSA) is 63.6 Å². The van der Waals surface area contributed by atoms with Crippen LogP contribution >= 0.6 is 0 Å². The van der Waals surface area contributed by atoms with Crippen molar-refractivity contribution in [3.05, 3.63) is 35.9 Å². The quantitative estimate of drug-likeness (QED) is 0.584. The van der Waals surface area contributed by atoms with Crippen molar-refractivity contribution in [1.82, 2.24) is 0 Å². The van der Waals surface area contributed by atoms with Crippen LogP contribution in [0.2, 0.25) is 0 Å². The molecule has 0 spiro atoms. The zero-order chi connectivity index (χ0) is 11.1. The maximum Gasteiger partial charge on any atom is 0.317 e. The van der Waals surface area contributed by atoms with Crippen LogP contribution in [-0.4, -0.2) is 23.7 Å². The predicted octanol–water partition coefficient (Wildman–Crippen LogP) is 1.25. The summed E-state index contributed by atoms with van der Waals surface area (Å²) in [5.41, 5.74) is 1.06. The van der Waals surface area contributed by atoms with Gasteiger partial charge in [-0.15, -0.1) is 0 Å². The highest BCUT2D eigenvalue weighted by molar-refractivity contribution is 5.90. The average Bonchev–Trinajstić information content (AvgIpc) is 2.18. The molecule has 0 atom stereocenters. The van der Waals surface area contributed by atoms with Gasteiger partial charge in [-0.05, 0) is 5.56 Å². The van der Waals surface area contributed by atoms with Crippen molar-refractivity contribution in [2.45, 2.75) is 12.8 Å². The molecule has 0 bridgehead atoms. The monoisotopic (exact) mass is 208 g/mol. The minimum Gasteiger partial charge on any atom is -0.481 e.